The summed E-state index contributed by atoms with van der Waals surface area (Å²) in [6.45, 7) is 11.4. The molecule has 0 spiro atoms. The second-order valence-electron chi connectivity index (χ2n) is 9.28. The second-order valence-corrected chi connectivity index (χ2v) is 9.28. The van der Waals surface area contributed by atoms with Gasteiger partial charge in [-0.25, -0.2) is 9.55 Å². The molecular formula is C26H29N5O6. The van der Waals surface area contributed by atoms with Gasteiger partial charge in [-0.05, 0) is 37.0 Å². The number of carbonyl (C=O) groups excluding carboxylic acids is 3. The van der Waals surface area contributed by atoms with Crippen LogP contribution in [0.5, 0.6) is 0 Å². The molecule has 37 heavy (non-hydrogen) atoms. The van der Waals surface area contributed by atoms with E-state index in [0.717, 1.165) is 22.7 Å². The normalized spacial score (nSPS) is 10.9. The van der Waals surface area contributed by atoms with Crippen molar-refractivity contribution in [2.45, 2.75) is 46.6 Å². The van der Waals surface area contributed by atoms with Crippen molar-refractivity contribution in [3.05, 3.63) is 71.6 Å². The lowest BCUT2D eigenvalue weighted by molar-refractivity contribution is -0.695. The summed E-state index contributed by atoms with van der Waals surface area (Å²) < 4.78 is 12.5. The molecule has 0 radical (unpaired) electrons. The maximum Gasteiger partial charge on any atom is 0.258 e. The van der Waals surface area contributed by atoms with Gasteiger partial charge < -0.3 is 24.5 Å². The molecule has 4 heterocycles. The molecule has 11 heteroatoms. The number of nitrogens with zero attached hydrogens (tertiary/aromatic N) is 4. The van der Waals surface area contributed by atoms with Gasteiger partial charge in [0.05, 0.1) is 29.7 Å². The Kier molecular flexibility index (Phi) is 8.38. The Morgan fingerprint density at radius 1 is 1.22 bits per heavy atom. The predicted octanol–water partition coefficient (Wildman–Crippen LogP) is 2.12. The summed E-state index contributed by atoms with van der Waals surface area (Å²) >= 11 is 0. The van der Waals surface area contributed by atoms with Crippen molar-refractivity contribution in [3.8, 4) is 11.3 Å². The van der Waals surface area contributed by atoms with Gasteiger partial charge in [-0.3, -0.25) is 14.0 Å². The fourth-order valence-electron chi connectivity index (χ4n) is 3.70. The van der Waals surface area contributed by atoms with Crippen LogP contribution in [0.2, 0.25) is 0 Å². The van der Waals surface area contributed by atoms with Gasteiger partial charge in [-0.2, -0.15) is 0 Å². The molecule has 0 fully saturated rings. The number of imidazole rings is 1. The minimum atomic E-state index is -1.83. The topological polar surface area (TPSA) is 143 Å². The van der Waals surface area contributed by atoms with Crippen LogP contribution in [-0.2, 0) is 21.5 Å². The average Bonchev–Trinajstić information content (AvgIpc) is 3.40. The van der Waals surface area contributed by atoms with Gasteiger partial charge in [0.2, 0.25) is 6.47 Å². The van der Waals surface area contributed by atoms with E-state index in [0.29, 0.717) is 24.3 Å². The third-order valence-corrected chi connectivity index (χ3v) is 5.62. The monoisotopic (exact) mass is 507 g/mol. The van der Waals surface area contributed by atoms with Gasteiger partial charge in [0, 0.05) is 23.9 Å². The molecule has 11 nitrogen and oxygen atoms in total. The first kappa shape index (κ1) is 27.1. The molecule has 4 aromatic heterocycles. The van der Waals surface area contributed by atoms with Crippen LogP contribution in [0.4, 0.5) is 4.79 Å². The molecule has 0 unspecified atom stereocenters. The Hall–Kier alpha value is -4.54. The number of fused-ring (bicyclic) bond motifs is 1. The van der Waals surface area contributed by atoms with Gasteiger partial charge in [-0.15, -0.1) is 0 Å². The standard InChI is InChI=1S/C24H27N5O2.C2H2O4/c1-16-22(17(2)31-27-16)20-15-26-21-14-18(6-12-29(20)21)23(30)25-9-13-28-10-7-19(8-11-28)24(3,4)5;3-1-6-2(4)5/h6-8,10-12,14-15H,9,13H2,1-5H3;1H,(H,4,5). The van der Waals surface area contributed by atoms with E-state index in [4.69, 9.17) is 19.2 Å². The number of pyridine rings is 2. The van der Waals surface area contributed by atoms with Gasteiger partial charge in [0.25, 0.3) is 12.1 Å². The van der Waals surface area contributed by atoms with Crippen LogP contribution in [0.3, 0.4) is 0 Å². The van der Waals surface area contributed by atoms with E-state index in [9.17, 15) is 4.79 Å². The van der Waals surface area contributed by atoms with E-state index in [1.807, 2.05) is 24.4 Å². The first-order chi connectivity index (χ1) is 17.5. The third-order valence-electron chi connectivity index (χ3n) is 5.62. The predicted molar refractivity (Wildman–Crippen MR) is 130 cm³/mol. The van der Waals surface area contributed by atoms with E-state index < -0.39 is 6.16 Å². The molecule has 0 aliphatic rings. The number of ether oxygens (including phenoxy) is 1. The van der Waals surface area contributed by atoms with Crippen LogP contribution in [0.25, 0.3) is 16.9 Å². The molecule has 0 atom stereocenters. The minimum Gasteiger partial charge on any atom is -0.486 e. The molecule has 1 amide bonds. The number of carbonyl (C=O) groups is 3. The van der Waals surface area contributed by atoms with E-state index in [-0.39, 0.29) is 17.8 Å². The fraction of sp³-hybridized carbons (Fsp3) is 0.308. The first-order valence-electron chi connectivity index (χ1n) is 11.5. The molecule has 194 valence electrons. The minimum absolute atomic E-state index is 0.115. The number of carboxylic acid groups (broad SMARTS) is 1. The zero-order valence-electron chi connectivity index (χ0n) is 21.3. The summed E-state index contributed by atoms with van der Waals surface area (Å²) in [5.41, 5.74) is 5.34. The van der Waals surface area contributed by atoms with Crippen LogP contribution in [0.1, 0.15) is 48.1 Å². The van der Waals surface area contributed by atoms with Crippen molar-refractivity contribution in [1.29, 1.82) is 0 Å². The molecule has 0 saturated heterocycles. The highest BCUT2D eigenvalue weighted by Gasteiger charge is 2.17. The van der Waals surface area contributed by atoms with Crippen LogP contribution in [-0.4, -0.2) is 39.6 Å². The Balaban J connectivity index is 0.000000568. The molecule has 4 aromatic rings. The maximum atomic E-state index is 12.6. The SMILES string of the molecule is Cc1noc(C)c1-c1cnc2cc(C(=O)NCC[n+]3ccc(C(C)(C)C)cc3)ccn12.O=COC(=O)[O-]. The highest BCUT2D eigenvalue weighted by atomic mass is 16.7. The molecule has 0 bridgehead atoms. The van der Waals surface area contributed by atoms with Crippen molar-refractivity contribution >= 4 is 24.2 Å². The number of aryl methyl sites for hydroxylation is 2. The number of hydrogen-bond acceptors (Lipinski definition) is 8. The Labute approximate surface area is 213 Å². The van der Waals surface area contributed by atoms with E-state index >= 15 is 0 Å². The lowest BCUT2D eigenvalue weighted by Crippen LogP contribution is -2.40. The van der Waals surface area contributed by atoms with Gasteiger partial charge in [0.15, 0.2) is 18.9 Å². The molecule has 1 N–H and O–H groups in total. The summed E-state index contributed by atoms with van der Waals surface area (Å²) in [5, 5.41) is 16.0. The van der Waals surface area contributed by atoms with Crippen LogP contribution < -0.4 is 15.0 Å². The zero-order chi connectivity index (χ0) is 27.2. The first-order valence-corrected chi connectivity index (χ1v) is 11.5. The van der Waals surface area contributed by atoms with Crippen molar-refractivity contribution in [2.24, 2.45) is 0 Å². The molecule has 4 rings (SSSR count). The molecule has 0 aliphatic heterocycles. The molecule has 0 aromatic carbocycles. The van der Waals surface area contributed by atoms with Crippen LogP contribution >= 0.6 is 0 Å². The Morgan fingerprint density at radius 3 is 2.46 bits per heavy atom. The average molecular weight is 508 g/mol. The smallest absolute Gasteiger partial charge is 0.258 e. The van der Waals surface area contributed by atoms with Crippen LogP contribution in [0.15, 0.2) is 53.6 Å². The lowest BCUT2D eigenvalue weighted by atomic mass is 9.88. The molecule has 0 saturated carbocycles. The largest absolute Gasteiger partial charge is 0.486 e. The number of aromatic nitrogens is 4. The lowest BCUT2D eigenvalue weighted by Gasteiger charge is -2.17. The van der Waals surface area contributed by atoms with E-state index in [1.54, 1.807) is 18.3 Å². The van der Waals surface area contributed by atoms with E-state index in [2.05, 4.69) is 70.1 Å². The maximum absolute atomic E-state index is 12.6. The quantitative estimate of drug-likeness (QED) is 0.181. The van der Waals surface area contributed by atoms with Gasteiger partial charge in [0.1, 0.15) is 11.4 Å². The highest BCUT2D eigenvalue weighted by molar-refractivity contribution is 5.95. The molecule has 0 aliphatic carbocycles. The Morgan fingerprint density at radius 2 is 1.92 bits per heavy atom. The number of rotatable bonds is 6. The summed E-state index contributed by atoms with van der Waals surface area (Å²) in [6, 6.07) is 7.86. The summed E-state index contributed by atoms with van der Waals surface area (Å²) in [4.78, 5) is 35.1. The number of hydrogen-bond donors (Lipinski definition) is 1. The fourth-order valence-corrected chi connectivity index (χ4v) is 3.70. The van der Waals surface area contributed by atoms with Crippen molar-refractivity contribution in [1.82, 2.24) is 19.9 Å². The summed E-state index contributed by atoms with van der Waals surface area (Å²) in [7, 11) is 0. The van der Waals surface area contributed by atoms with Crippen molar-refractivity contribution in [3.63, 3.8) is 0 Å². The summed E-state index contributed by atoms with van der Waals surface area (Å²) in [5.74, 6) is 0.630. The van der Waals surface area contributed by atoms with Gasteiger partial charge >= 0.3 is 0 Å². The van der Waals surface area contributed by atoms with E-state index in [1.165, 1.54) is 5.56 Å². The number of nitrogens with one attached hydrogen (secondary N) is 1. The van der Waals surface area contributed by atoms with Crippen molar-refractivity contribution in [2.75, 3.05) is 6.54 Å². The molecular weight excluding hydrogens is 478 g/mol. The highest BCUT2D eigenvalue weighted by Crippen LogP contribution is 2.27. The number of amides is 1. The third kappa shape index (κ3) is 6.78. The zero-order valence-corrected chi connectivity index (χ0v) is 21.3. The van der Waals surface area contributed by atoms with Crippen LogP contribution in [0, 0.1) is 13.8 Å². The van der Waals surface area contributed by atoms with Crippen molar-refractivity contribution < 1.29 is 33.3 Å². The summed E-state index contributed by atoms with van der Waals surface area (Å²) in [6.07, 6.45) is 5.92. The second kappa shape index (κ2) is 11.5. The Bertz CT molecular complexity index is 1380. The van der Waals surface area contributed by atoms with Gasteiger partial charge in [-0.1, -0.05) is 25.9 Å².